The SMILES string of the molecule is NC(=O)[C@H](N)c1ccc(OCCN2CCCCC2)cc1. The number of nitrogens with zero attached hydrogens (tertiary/aromatic N) is 1. The number of ether oxygens (including phenoxy) is 1. The van der Waals surface area contributed by atoms with Crippen molar-refractivity contribution in [3.05, 3.63) is 29.8 Å². The number of carbonyl (C=O) groups is 1. The Hall–Kier alpha value is -1.59. The molecule has 1 fully saturated rings. The fraction of sp³-hybridized carbons (Fsp3) is 0.533. The van der Waals surface area contributed by atoms with E-state index in [1.165, 1.54) is 32.4 Å². The number of amides is 1. The zero-order valence-electron chi connectivity index (χ0n) is 11.8. The number of piperidine rings is 1. The zero-order chi connectivity index (χ0) is 14.4. The van der Waals surface area contributed by atoms with Gasteiger partial charge in [-0.05, 0) is 43.6 Å². The first-order valence-electron chi connectivity index (χ1n) is 7.17. The molecular formula is C15H23N3O2. The van der Waals surface area contributed by atoms with Crippen molar-refractivity contribution in [3.8, 4) is 5.75 Å². The third kappa shape index (κ3) is 4.21. The lowest BCUT2D eigenvalue weighted by molar-refractivity contribution is -0.119. The third-order valence-electron chi connectivity index (χ3n) is 3.67. The minimum atomic E-state index is -0.752. The number of hydrogen-bond acceptors (Lipinski definition) is 4. The van der Waals surface area contributed by atoms with Gasteiger partial charge in [0, 0.05) is 6.54 Å². The highest BCUT2D eigenvalue weighted by molar-refractivity contribution is 5.81. The van der Waals surface area contributed by atoms with Crippen LogP contribution in [-0.4, -0.2) is 37.0 Å². The highest BCUT2D eigenvalue weighted by Crippen LogP contribution is 2.16. The van der Waals surface area contributed by atoms with E-state index in [1.807, 2.05) is 12.1 Å². The van der Waals surface area contributed by atoms with Gasteiger partial charge in [0.2, 0.25) is 5.91 Å². The van der Waals surface area contributed by atoms with Gasteiger partial charge >= 0.3 is 0 Å². The summed E-state index contributed by atoms with van der Waals surface area (Å²) in [4.78, 5) is 13.4. The molecule has 1 amide bonds. The number of benzene rings is 1. The van der Waals surface area contributed by atoms with Gasteiger partial charge in [0.15, 0.2) is 0 Å². The quantitative estimate of drug-likeness (QED) is 0.814. The molecule has 0 aromatic heterocycles. The van der Waals surface area contributed by atoms with E-state index < -0.39 is 11.9 Å². The molecule has 1 heterocycles. The van der Waals surface area contributed by atoms with Crippen LogP contribution in [0.1, 0.15) is 30.9 Å². The van der Waals surface area contributed by atoms with Crippen LogP contribution >= 0.6 is 0 Å². The first kappa shape index (κ1) is 14.8. The summed E-state index contributed by atoms with van der Waals surface area (Å²) in [5.41, 5.74) is 11.5. The van der Waals surface area contributed by atoms with Crippen LogP contribution in [0, 0.1) is 0 Å². The van der Waals surface area contributed by atoms with E-state index in [9.17, 15) is 4.79 Å². The molecule has 1 aliphatic rings. The standard InChI is InChI=1S/C15H23N3O2/c16-14(15(17)19)12-4-6-13(7-5-12)20-11-10-18-8-2-1-3-9-18/h4-7,14H,1-3,8-11,16H2,(H2,17,19)/t14-/m1/s1. The topological polar surface area (TPSA) is 81.6 Å². The predicted octanol–water partition coefficient (Wildman–Crippen LogP) is 1.04. The lowest BCUT2D eigenvalue weighted by Crippen LogP contribution is -2.33. The summed E-state index contributed by atoms with van der Waals surface area (Å²) in [5, 5.41) is 0. The number of hydrogen-bond donors (Lipinski definition) is 2. The van der Waals surface area contributed by atoms with E-state index in [1.54, 1.807) is 12.1 Å². The van der Waals surface area contributed by atoms with Crippen LogP contribution in [0.25, 0.3) is 0 Å². The first-order chi connectivity index (χ1) is 9.66. The minimum absolute atomic E-state index is 0.524. The zero-order valence-corrected chi connectivity index (χ0v) is 11.8. The maximum atomic E-state index is 11.0. The van der Waals surface area contributed by atoms with Crippen molar-refractivity contribution in [2.24, 2.45) is 11.5 Å². The van der Waals surface area contributed by atoms with Crippen LogP contribution in [0.15, 0.2) is 24.3 Å². The van der Waals surface area contributed by atoms with Gasteiger partial charge in [0.1, 0.15) is 18.4 Å². The Labute approximate surface area is 119 Å². The maximum absolute atomic E-state index is 11.0. The molecule has 4 N–H and O–H groups in total. The molecule has 1 atom stereocenters. The highest BCUT2D eigenvalue weighted by atomic mass is 16.5. The number of likely N-dealkylation sites (tertiary alicyclic amines) is 1. The largest absolute Gasteiger partial charge is 0.492 e. The second-order valence-corrected chi connectivity index (χ2v) is 5.20. The molecule has 1 saturated heterocycles. The molecule has 0 spiro atoms. The van der Waals surface area contributed by atoms with Crippen molar-refractivity contribution in [2.45, 2.75) is 25.3 Å². The van der Waals surface area contributed by atoms with Gasteiger partial charge in [0.25, 0.3) is 0 Å². The fourth-order valence-electron chi connectivity index (χ4n) is 2.41. The number of rotatable bonds is 6. The van der Waals surface area contributed by atoms with Crippen molar-refractivity contribution in [3.63, 3.8) is 0 Å². The third-order valence-corrected chi connectivity index (χ3v) is 3.67. The van der Waals surface area contributed by atoms with Crippen molar-refractivity contribution >= 4 is 5.91 Å². The van der Waals surface area contributed by atoms with Crippen molar-refractivity contribution in [1.29, 1.82) is 0 Å². The second-order valence-electron chi connectivity index (χ2n) is 5.20. The summed E-state index contributed by atoms with van der Waals surface area (Å²) >= 11 is 0. The van der Waals surface area contributed by atoms with E-state index in [2.05, 4.69) is 4.90 Å². The molecule has 5 nitrogen and oxygen atoms in total. The Kier molecular flexibility index (Phi) is 5.38. The lowest BCUT2D eigenvalue weighted by atomic mass is 10.1. The molecule has 1 aromatic carbocycles. The lowest BCUT2D eigenvalue weighted by Gasteiger charge is -2.26. The normalized spacial score (nSPS) is 17.6. The smallest absolute Gasteiger partial charge is 0.238 e. The molecule has 0 bridgehead atoms. The number of nitrogens with two attached hydrogens (primary N) is 2. The van der Waals surface area contributed by atoms with E-state index >= 15 is 0 Å². The molecule has 110 valence electrons. The van der Waals surface area contributed by atoms with Gasteiger partial charge < -0.3 is 16.2 Å². The predicted molar refractivity (Wildman–Crippen MR) is 78.4 cm³/mol. The van der Waals surface area contributed by atoms with Crippen molar-refractivity contribution in [2.75, 3.05) is 26.2 Å². The molecule has 5 heteroatoms. The van der Waals surface area contributed by atoms with Crippen LogP contribution in [0.2, 0.25) is 0 Å². The molecule has 0 unspecified atom stereocenters. The van der Waals surface area contributed by atoms with E-state index in [0.717, 1.165) is 12.3 Å². The minimum Gasteiger partial charge on any atom is -0.492 e. The summed E-state index contributed by atoms with van der Waals surface area (Å²) in [6, 6.07) is 6.47. The fourth-order valence-corrected chi connectivity index (χ4v) is 2.41. The van der Waals surface area contributed by atoms with Crippen molar-refractivity contribution in [1.82, 2.24) is 4.90 Å². The molecular weight excluding hydrogens is 254 g/mol. The molecule has 1 aromatic rings. The Morgan fingerprint density at radius 3 is 2.45 bits per heavy atom. The summed E-state index contributed by atoms with van der Waals surface area (Å²) in [7, 11) is 0. The van der Waals surface area contributed by atoms with Gasteiger partial charge in [-0.2, -0.15) is 0 Å². The Morgan fingerprint density at radius 1 is 1.20 bits per heavy atom. The van der Waals surface area contributed by atoms with Gasteiger partial charge in [-0.25, -0.2) is 0 Å². The maximum Gasteiger partial charge on any atom is 0.238 e. The van der Waals surface area contributed by atoms with Gasteiger partial charge in [0.05, 0.1) is 0 Å². The molecule has 20 heavy (non-hydrogen) atoms. The monoisotopic (exact) mass is 277 g/mol. The second kappa shape index (κ2) is 7.26. The Morgan fingerprint density at radius 2 is 1.85 bits per heavy atom. The number of primary amides is 1. The molecule has 0 aliphatic carbocycles. The van der Waals surface area contributed by atoms with E-state index in [-0.39, 0.29) is 0 Å². The molecule has 2 rings (SSSR count). The van der Waals surface area contributed by atoms with Crippen LogP contribution in [0.3, 0.4) is 0 Å². The number of carbonyl (C=O) groups excluding carboxylic acids is 1. The summed E-state index contributed by atoms with van der Waals surface area (Å²) in [6.45, 7) is 4.00. The molecule has 0 radical (unpaired) electrons. The molecule has 1 aliphatic heterocycles. The van der Waals surface area contributed by atoms with Gasteiger partial charge in [-0.15, -0.1) is 0 Å². The van der Waals surface area contributed by atoms with E-state index in [0.29, 0.717) is 12.2 Å². The molecule has 0 saturated carbocycles. The first-order valence-corrected chi connectivity index (χ1v) is 7.17. The van der Waals surface area contributed by atoms with Gasteiger partial charge in [-0.3, -0.25) is 9.69 Å². The van der Waals surface area contributed by atoms with Crippen molar-refractivity contribution < 1.29 is 9.53 Å². The summed E-state index contributed by atoms with van der Waals surface area (Å²) in [5.74, 6) is 0.270. The highest BCUT2D eigenvalue weighted by Gasteiger charge is 2.12. The van der Waals surface area contributed by atoms with Crippen LogP contribution < -0.4 is 16.2 Å². The Balaban J connectivity index is 1.77. The average molecular weight is 277 g/mol. The van der Waals surface area contributed by atoms with Gasteiger partial charge in [-0.1, -0.05) is 18.6 Å². The van der Waals surface area contributed by atoms with Crippen LogP contribution in [0.5, 0.6) is 5.75 Å². The Bertz CT molecular complexity index is 427. The average Bonchev–Trinajstić information content (AvgIpc) is 2.48. The van der Waals surface area contributed by atoms with Crippen LogP contribution in [-0.2, 0) is 4.79 Å². The van der Waals surface area contributed by atoms with Crippen LogP contribution in [0.4, 0.5) is 0 Å². The van der Waals surface area contributed by atoms with E-state index in [4.69, 9.17) is 16.2 Å². The summed E-state index contributed by atoms with van der Waals surface area (Å²) in [6.07, 6.45) is 3.93. The summed E-state index contributed by atoms with van der Waals surface area (Å²) < 4.78 is 5.71.